The molecule has 5 heteroatoms. The van der Waals surface area contributed by atoms with Crippen LogP contribution in [0.2, 0.25) is 0 Å². The molecule has 0 aliphatic heterocycles. The Labute approximate surface area is 347 Å². The van der Waals surface area contributed by atoms with Gasteiger partial charge in [0.2, 0.25) is 11.8 Å². The van der Waals surface area contributed by atoms with Crippen molar-refractivity contribution in [2.45, 2.75) is 156 Å². The number of pyridine rings is 2. The Morgan fingerprint density at radius 1 is 0.474 bits per heavy atom. The van der Waals surface area contributed by atoms with Gasteiger partial charge in [-0.15, -0.1) is 11.3 Å². The third kappa shape index (κ3) is 8.61. The van der Waals surface area contributed by atoms with Gasteiger partial charge < -0.3 is 9.47 Å². The van der Waals surface area contributed by atoms with Crippen LogP contribution in [0.25, 0.3) is 21.6 Å². The van der Waals surface area contributed by atoms with Crippen LogP contribution in [0.3, 0.4) is 0 Å². The molecule has 57 heavy (non-hydrogen) atoms. The van der Waals surface area contributed by atoms with Gasteiger partial charge in [0.25, 0.3) is 0 Å². The summed E-state index contributed by atoms with van der Waals surface area (Å²) in [5.41, 5.74) is 20.6. The van der Waals surface area contributed by atoms with E-state index in [1.54, 1.807) is 58.0 Å². The minimum Gasteiger partial charge on any atom is -0.481 e. The molecule has 0 unspecified atom stereocenters. The van der Waals surface area contributed by atoms with Gasteiger partial charge in [-0.1, -0.05) is 80.5 Å². The number of benzene rings is 2. The first kappa shape index (κ1) is 41.2. The molecule has 0 saturated heterocycles. The van der Waals surface area contributed by atoms with Crippen LogP contribution in [0, 0.1) is 0 Å². The molecule has 2 aromatic carbocycles. The normalized spacial score (nSPS) is 15.5. The number of hydrogen-bond donors (Lipinski definition) is 0. The van der Waals surface area contributed by atoms with E-state index in [0.717, 1.165) is 0 Å². The Kier molecular flexibility index (Phi) is 11.8. The number of hydrogen-bond acceptors (Lipinski definition) is 5. The van der Waals surface area contributed by atoms with Gasteiger partial charge in [0.1, 0.15) is 0 Å². The van der Waals surface area contributed by atoms with Gasteiger partial charge in [-0.2, -0.15) is 0 Å². The molecule has 0 amide bonds. The number of nitrogens with zero attached hydrogens (tertiary/aromatic N) is 2. The zero-order chi connectivity index (χ0) is 40.7. The molecule has 0 fully saturated rings. The van der Waals surface area contributed by atoms with Gasteiger partial charge in [0, 0.05) is 34.3 Å². The number of aryl methyl sites for hydroxylation is 4. The van der Waals surface area contributed by atoms with Crippen molar-refractivity contribution in [2.24, 2.45) is 0 Å². The number of methoxy groups -OCH3 is 2. The largest absolute Gasteiger partial charge is 0.481 e. The van der Waals surface area contributed by atoms with Crippen LogP contribution in [0.4, 0.5) is 0 Å². The second-order valence-corrected chi connectivity index (χ2v) is 20.8. The topological polar surface area (TPSA) is 44.2 Å². The predicted molar refractivity (Wildman–Crippen MR) is 241 cm³/mol. The van der Waals surface area contributed by atoms with Crippen molar-refractivity contribution < 1.29 is 9.47 Å². The van der Waals surface area contributed by atoms with E-state index < -0.39 is 0 Å². The second kappa shape index (κ2) is 16.4. The average molecular weight is 783 g/mol. The first-order valence-corrected chi connectivity index (χ1v) is 22.4. The summed E-state index contributed by atoms with van der Waals surface area (Å²) in [5.74, 6) is 1.36. The number of ether oxygens (including phenoxy) is 2. The van der Waals surface area contributed by atoms with Gasteiger partial charge in [-0.3, -0.25) is 0 Å². The first-order chi connectivity index (χ1) is 27.1. The molecule has 0 atom stereocenters. The van der Waals surface area contributed by atoms with Crippen LogP contribution in [-0.2, 0) is 67.6 Å². The quantitative estimate of drug-likeness (QED) is 0.182. The molecule has 4 aliphatic rings. The summed E-state index contributed by atoms with van der Waals surface area (Å²) in [4.78, 5) is 11.4. The van der Waals surface area contributed by atoms with Crippen molar-refractivity contribution in [3.63, 3.8) is 0 Å². The SMILES string of the molecule is CC(C)(C)c1c2c(cc3c1CCC3)CCC2.COc1cc(-c2ccc3c(c2C(C)(C)C)CCC3)ccn1.COc1cc(-c2sc3c(c2C(C)(C)C)CCC3)ccn1. The molecule has 3 heterocycles. The van der Waals surface area contributed by atoms with Crippen molar-refractivity contribution >= 4 is 11.3 Å². The molecule has 9 rings (SSSR count). The van der Waals surface area contributed by atoms with Crippen LogP contribution in [-0.4, -0.2) is 24.2 Å². The highest BCUT2D eigenvalue weighted by Crippen LogP contribution is 2.47. The van der Waals surface area contributed by atoms with E-state index >= 15 is 0 Å². The van der Waals surface area contributed by atoms with Crippen LogP contribution in [0.5, 0.6) is 11.8 Å². The predicted octanol–water partition coefficient (Wildman–Crippen LogP) is 13.1. The van der Waals surface area contributed by atoms with Gasteiger partial charge in [-0.25, -0.2) is 9.97 Å². The van der Waals surface area contributed by atoms with E-state index in [1.807, 2.05) is 29.8 Å². The zero-order valence-corrected chi connectivity index (χ0v) is 37.6. The van der Waals surface area contributed by atoms with Crippen molar-refractivity contribution in [1.29, 1.82) is 0 Å². The molecule has 0 radical (unpaired) electrons. The number of rotatable bonds is 4. The first-order valence-electron chi connectivity index (χ1n) is 21.6. The summed E-state index contributed by atoms with van der Waals surface area (Å²) >= 11 is 1.96. The van der Waals surface area contributed by atoms with Crippen LogP contribution < -0.4 is 9.47 Å². The Bertz CT molecular complexity index is 2210. The van der Waals surface area contributed by atoms with Crippen molar-refractivity contribution in [1.82, 2.24) is 9.97 Å². The summed E-state index contributed by atoms with van der Waals surface area (Å²) in [6.45, 7) is 21.0. The fourth-order valence-corrected chi connectivity index (χ4v) is 11.8. The van der Waals surface area contributed by atoms with Crippen molar-refractivity contribution in [3.8, 4) is 33.3 Å². The maximum absolute atomic E-state index is 5.28. The highest BCUT2D eigenvalue weighted by Gasteiger charge is 2.32. The summed E-state index contributed by atoms with van der Waals surface area (Å²) in [5, 5.41) is 0. The Balaban J connectivity index is 0.000000132. The lowest BCUT2D eigenvalue weighted by Gasteiger charge is -2.27. The van der Waals surface area contributed by atoms with E-state index in [-0.39, 0.29) is 10.8 Å². The summed E-state index contributed by atoms with van der Waals surface area (Å²) < 4.78 is 10.6. The molecule has 4 aliphatic carbocycles. The average Bonchev–Trinajstić information content (AvgIpc) is 4.01. The smallest absolute Gasteiger partial charge is 0.213 e. The highest BCUT2D eigenvalue weighted by molar-refractivity contribution is 7.16. The molecule has 0 bridgehead atoms. The lowest BCUT2D eigenvalue weighted by molar-refractivity contribution is 0.398. The maximum Gasteiger partial charge on any atom is 0.213 e. The van der Waals surface area contributed by atoms with Gasteiger partial charge >= 0.3 is 0 Å². The van der Waals surface area contributed by atoms with Crippen LogP contribution in [0.1, 0.15) is 149 Å². The van der Waals surface area contributed by atoms with E-state index in [2.05, 4.69) is 109 Å². The number of thiophene rings is 1. The lowest BCUT2D eigenvalue weighted by atomic mass is 9.78. The van der Waals surface area contributed by atoms with Gasteiger partial charge in [0.05, 0.1) is 14.2 Å². The second-order valence-electron chi connectivity index (χ2n) is 19.7. The van der Waals surface area contributed by atoms with Crippen molar-refractivity contribution in [3.05, 3.63) is 115 Å². The molecule has 302 valence electrons. The third-order valence-electron chi connectivity index (χ3n) is 12.4. The maximum atomic E-state index is 5.28. The van der Waals surface area contributed by atoms with Crippen LogP contribution in [0.15, 0.2) is 54.9 Å². The Morgan fingerprint density at radius 2 is 0.947 bits per heavy atom. The Hall–Kier alpha value is -3.96. The molecule has 3 aromatic heterocycles. The van der Waals surface area contributed by atoms with E-state index in [9.17, 15) is 0 Å². The van der Waals surface area contributed by atoms with Crippen molar-refractivity contribution in [2.75, 3.05) is 14.2 Å². The fourth-order valence-electron chi connectivity index (χ4n) is 10.2. The van der Waals surface area contributed by atoms with Crippen LogP contribution >= 0.6 is 11.3 Å². The molecule has 4 nitrogen and oxygen atoms in total. The Morgan fingerprint density at radius 3 is 1.49 bits per heavy atom. The summed E-state index contributed by atoms with van der Waals surface area (Å²) in [7, 11) is 3.34. The molecular formula is C52H66N2O2S. The number of aromatic nitrogens is 2. The van der Waals surface area contributed by atoms with E-state index in [1.165, 1.54) is 115 Å². The molecule has 0 saturated carbocycles. The molecule has 0 N–H and O–H groups in total. The van der Waals surface area contributed by atoms with Gasteiger partial charge in [0.15, 0.2) is 0 Å². The fraction of sp³-hybridized carbons (Fsp3) is 0.500. The molecule has 5 aromatic rings. The van der Waals surface area contributed by atoms with E-state index in [0.29, 0.717) is 17.2 Å². The molecular weight excluding hydrogens is 717 g/mol. The van der Waals surface area contributed by atoms with E-state index in [4.69, 9.17) is 9.47 Å². The highest BCUT2D eigenvalue weighted by atomic mass is 32.1. The third-order valence-corrected chi connectivity index (χ3v) is 13.7. The number of fused-ring (bicyclic) bond motifs is 4. The standard InChI is InChI=1S/C19H23NO.C17H21NOS.C16H22/c1-19(2,3)18-15-7-5-6-13(15)8-9-16(18)14-10-11-20-17(12-14)21-4;1-17(2,3)15-12-6-5-7-13(12)20-16(15)11-8-9-18-14(10-11)19-4;1-16(2,3)15-13-8-4-6-11(13)10-12-7-5-9-14(12)15/h8-12H,5-7H2,1-4H3;8-10H,5-7H2,1-4H3;10H,4-9H2,1-3H3. The lowest BCUT2D eigenvalue weighted by Crippen LogP contribution is -2.17. The molecule has 0 spiro atoms. The van der Waals surface area contributed by atoms with Gasteiger partial charge in [-0.05, 0) is 178 Å². The zero-order valence-electron chi connectivity index (χ0n) is 36.8. The minimum absolute atomic E-state index is 0.140. The summed E-state index contributed by atoms with van der Waals surface area (Å²) in [6, 6.07) is 15.4. The monoisotopic (exact) mass is 782 g/mol. The minimum atomic E-state index is 0.140. The summed E-state index contributed by atoms with van der Waals surface area (Å²) in [6.07, 6.45) is 19.2.